The zero-order valence-electron chi connectivity index (χ0n) is 19.0. The van der Waals surface area contributed by atoms with Gasteiger partial charge in [0.15, 0.2) is 0 Å². The number of hydrogen-bond acceptors (Lipinski definition) is 6. The van der Waals surface area contributed by atoms with Crippen molar-refractivity contribution in [3.8, 4) is 5.75 Å². The summed E-state index contributed by atoms with van der Waals surface area (Å²) in [6.07, 6.45) is 5.20. The number of thiophene rings is 1. The molecule has 3 heterocycles. The first-order valence-electron chi connectivity index (χ1n) is 11.6. The number of carboxylic acid groups (broad SMARTS) is 1. The molecular formula is C26H32N2O4S. The number of piperidine rings is 1. The number of hydrogen-bond donors (Lipinski definition) is 2. The van der Waals surface area contributed by atoms with E-state index in [0.29, 0.717) is 19.4 Å². The Morgan fingerprint density at radius 2 is 2.21 bits per heavy atom. The Bertz CT molecular complexity index is 1060. The molecule has 0 bridgehead atoms. The number of likely N-dealkylation sites (tertiary alicyclic amines) is 1. The molecule has 2 N–H and O–H groups in total. The molecule has 1 saturated heterocycles. The number of ether oxygens (including phenoxy) is 1. The number of aliphatic hydroxyl groups excluding tert-OH is 1. The van der Waals surface area contributed by atoms with Gasteiger partial charge < -0.3 is 19.8 Å². The smallest absolute Gasteiger partial charge is 0.308 e. The lowest BCUT2D eigenvalue weighted by molar-refractivity contribution is -0.146. The summed E-state index contributed by atoms with van der Waals surface area (Å²) in [6, 6.07) is 9.65. The second kappa shape index (κ2) is 11.1. The molecule has 3 atom stereocenters. The lowest BCUT2D eigenvalue weighted by Crippen LogP contribution is -2.44. The van der Waals surface area contributed by atoms with Gasteiger partial charge >= 0.3 is 5.97 Å². The Kier molecular flexibility index (Phi) is 7.96. The van der Waals surface area contributed by atoms with Gasteiger partial charge in [0.25, 0.3) is 0 Å². The zero-order chi connectivity index (χ0) is 23.2. The Labute approximate surface area is 198 Å². The first-order valence-corrected chi connectivity index (χ1v) is 12.6. The molecule has 176 valence electrons. The number of rotatable bonds is 10. The van der Waals surface area contributed by atoms with Gasteiger partial charge in [-0.3, -0.25) is 9.78 Å². The van der Waals surface area contributed by atoms with Crippen LogP contribution in [0.5, 0.6) is 5.75 Å². The lowest BCUT2D eigenvalue weighted by atomic mass is 9.81. The highest BCUT2D eigenvalue weighted by molar-refractivity contribution is 7.07. The molecule has 1 fully saturated rings. The van der Waals surface area contributed by atoms with E-state index in [-0.39, 0.29) is 11.8 Å². The molecule has 33 heavy (non-hydrogen) atoms. The minimum absolute atomic E-state index is 0.0768. The molecule has 7 heteroatoms. The summed E-state index contributed by atoms with van der Waals surface area (Å²) in [4.78, 5) is 18.7. The molecule has 1 aromatic carbocycles. The van der Waals surface area contributed by atoms with Gasteiger partial charge in [0.05, 0.1) is 24.6 Å². The quantitative estimate of drug-likeness (QED) is 0.446. The number of aryl methyl sites for hydroxylation is 1. The van der Waals surface area contributed by atoms with Crippen LogP contribution in [0.25, 0.3) is 10.9 Å². The molecule has 0 saturated carbocycles. The predicted molar refractivity (Wildman–Crippen MR) is 131 cm³/mol. The van der Waals surface area contributed by atoms with Crippen LogP contribution in [0.1, 0.15) is 42.9 Å². The van der Waals surface area contributed by atoms with Crippen molar-refractivity contribution in [2.75, 3.05) is 26.7 Å². The summed E-state index contributed by atoms with van der Waals surface area (Å²) in [5.41, 5.74) is 2.99. The van der Waals surface area contributed by atoms with E-state index < -0.39 is 12.1 Å². The van der Waals surface area contributed by atoms with Gasteiger partial charge in [-0.2, -0.15) is 11.3 Å². The van der Waals surface area contributed by atoms with Gasteiger partial charge in [0.2, 0.25) is 0 Å². The van der Waals surface area contributed by atoms with Gasteiger partial charge in [0, 0.05) is 18.1 Å². The van der Waals surface area contributed by atoms with Crippen LogP contribution in [0.2, 0.25) is 0 Å². The first-order chi connectivity index (χ1) is 16.0. The summed E-state index contributed by atoms with van der Waals surface area (Å²) >= 11 is 1.72. The number of fused-ring (bicyclic) bond motifs is 1. The number of aliphatic carboxylic acids is 1. The molecule has 0 unspecified atom stereocenters. The molecule has 0 amide bonds. The van der Waals surface area contributed by atoms with Crippen molar-refractivity contribution in [1.82, 2.24) is 9.88 Å². The molecule has 0 spiro atoms. The summed E-state index contributed by atoms with van der Waals surface area (Å²) < 4.78 is 5.33. The topological polar surface area (TPSA) is 82.9 Å². The van der Waals surface area contributed by atoms with E-state index in [4.69, 9.17) is 4.74 Å². The standard InChI is InChI=1S/C26H32N2O4S/c1-32-20-5-6-24-22(15-20)21(8-11-27-24)25(29)7-4-19-9-13-28(16-23(19)26(30)31)12-2-3-18-10-14-33-17-18/h5-6,8,10-11,14-15,17,19,23,25,29H,2-4,7,9,12-13,16H2,1H3,(H,30,31)/t19-,23+,25-/m1/s1. The number of carbonyl (C=O) groups is 1. The minimum Gasteiger partial charge on any atom is -0.497 e. The summed E-state index contributed by atoms with van der Waals surface area (Å²) in [5.74, 6) is -0.313. The average molecular weight is 469 g/mol. The highest BCUT2D eigenvalue weighted by Gasteiger charge is 2.34. The van der Waals surface area contributed by atoms with Crippen LogP contribution in [-0.2, 0) is 11.2 Å². The Hall–Kier alpha value is -2.48. The van der Waals surface area contributed by atoms with Gasteiger partial charge in [0.1, 0.15) is 5.75 Å². The molecule has 2 aromatic heterocycles. The maximum Gasteiger partial charge on any atom is 0.308 e. The third-order valence-corrected chi connectivity index (χ3v) is 7.56. The number of methoxy groups -OCH3 is 1. The summed E-state index contributed by atoms with van der Waals surface area (Å²) in [5, 5.41) is 26.0. The van der Waals surface area contributed by atoms with E-state index in [9.17, 15) is 15.0 Å². The number of carboxylic acids is 1. The number of aromatic nitrogens is 1. The zero-order valence-corrected chi connectivity index (χ0v) is 19.8. The Morgan fingerprint density at radius 3 is 2.97 bits per heavy atom. The van der Waals surface area contributed by atoms with E-state index in [1.807, 2.05) is 24.3 Å². The van der Waals surface area contributed by atoms with E-state index in [1.54, 1.807) is 24.6 Å². The fourth-order valence-electron chi connectivity index (χ4n) is 4.93. The van der Waals surface area contributed by atoms with Crippen LogP contribution < -0.4 is 4.74 Å². The van der Waals surface area contributed by atoms with Gasteiger partial charge in [-0.15, -0.1) is 0 Å². The molecule has 1 aliphatic rings. The predicted octanol–water partition coefficient (Wildman–Crippen LogP) is 4.77. The summed E-state index contributed by atoms with van der Waals surface area (Å²) in [7, 11) is 1.62. The second-order valence-corrected chi connectivity index (χ2v) is 9.69. The van der Waals surface area contributed by atoms with Crippen molar-refractivity contribution in [3.05, 3.63) is 58.4 Å². The number of nitrogens with zero attached hydrogens (tertiary/aromatic N) is 2. The van der Waals surface area contributed by atoms with Gasteiger partial charge in [-0.25, -0.2) is 0 Å². The van der Waals surface area contributed by atoms with Crippen molar-refractivity contribution >= 4 is 28.2 Å². The van der Waals surface area contributed by atoms with Crippen LogP contribution in [0.4, 0.5) is 0 Å². The van der Waals surface area contributed by atoms with Crippen LogP contribution in [0.15, 0.2) is 47.3 Å². The van der Waals surface area contributed by atoms with Gasteiger partial charge in [-0.1, -0.05) is 0 Å². The van der Waals surface area contributed by atoms with E-state index in [1.165, 1.54) is 5.56 Å². The fourth-order valence-corrected chi connectivity index (χ4v) is 5.63. The first kappa shape index (κ1) is 23.7. The molecule has 4 rings (SSSR count). The fraction of sp³-hybridized carbons (Fsp3) is 0.462. The lowest BCUT2D eigenvalue weighted by Gasteiger charge is -2.37. The Morgan fingerprint density at radius 1 is 1.33 bits per heavy atom. The number of benzene rings is 1. The Balaban J connectivity index is 1.34. The van der Waals surface area contributed by atoms with Crippen molar-refractivity contribution in [2.45, 2.75) is 38.2 Å². The van der Waals surface area contributed by atoms with E-state index >= 15 is 0 Å². The van der Waals surface area contributed by atoms with Crippen molar-refractivity contribution in [1.29, 1.82) is 0 Å². The van der Waals surface area contributed by atoms with Crippen LogP contribution in [0, 0.1) is 11.8 Å². The van der Waals surface area contributed by atoms with Crippen molar-refractivity contribution < 1.29 is 19.7 Å². The minimum atomic E-state index is -0.726. The third-order valence-electron chi connectivity index (χ3n) is 6.83. The maximum atomic E-state index is 12.0. The molecular weight excluding hydrogens is 436 g/mol. The van der Waals surface area contributed by atoms with Crippen molar-refractivity contribution in [3.63, 3.8) is 0 Å². The molecule has 0 radical (unpaired) electrons. The average Bonchev–Trinajstić information content (AvgIpc) is 3.35. The highest BCUT2D eigenvalue weighted by atomic mass is 32.1. The molecule has 6 nitrogen and oxygen atoms in total. The van der Waals surface area contributed by atoms with E-state index in [2.05, 4.69) is 26.7 Å². The molecule has 0 aliphatic carbocycles. The van der Waals surface area contributed by atoms with Gasteiger partial charge in [-0.05, 0) is 103 Å². The second-order valence-electron chi connectivity index (χ2n) is 8.91. The van der Waals surface area contributed by atoms with Crippen LogP contribution >= 0.6 is 11.3 Å². The monoisotopic (exact) mass is 468 g/mol. The number of pyridine rings is 1. The third kappa shape index (κ3) is 5.91. The maximum absolute atomic E-state index is 12.0. The van der Waals surface area contributed by atoms with E-state index in [0.717, 1.165) is 54.6 Å². The van der Waals surface area contributed by atoms with Crippen LogP contribution in [-0.4, -0.2) is 52.8 Å². The largest absolute Gasteiger partial charge is 0.497 e. The molecule has 3 aromatic rings. The van der Waals surface area contributed by atoms with Crippen molar-refractivity contribution in [2.24, 2.45) is 11.8 Å². The highest BCUT2D eigenvalue weighted by Crippen LogP contribution is 2.33. The summed E-state index contributed by atoms with van der Waals surface area (Å²) in [6.45, 7) is 2.44. The van der Waals surface area contributed by atoms with Crippen LogP contribution in [0.3, 0.4) is 0 Å². The SMILES string of the molecule is COc1ccc2nccc([C@H](O)CC[C@@H]3CCN(CCCc4ccsc4)C[C@@H]3C(=O)O)c2c1. The number of aliphatic hydroxyl groups is 1. The normalized spacial score (nSPS) is 20.1. The molecule has 1 aliphatic heterocycles.